The minimum Gasteiger partial charge on any atom is -0.497 e. The van der Waals surface area contributed by atoms with Crippen LogP contribution in [0.25, 0.3) is 5.95 Å². The number of nitrogens with zero attached hydrogens (tertiary/aromatic N) is 6. The van der Waals surface area contributed by atoms with Crippen LogP contribution in [0, 0.1) is 13.8 Å². The van der Waals surface area contributed by atoms with Crippen molar-refractivity contribution in [1.29, 1.82) is 0 Å². The van der Waals surface area contributed by atoms with E-state index in [1.807, 2.05) is 44.2 Å². The number of nitrogens with one attached hydrogen (secondary N) is 1. The van der Waals surface area contributed by atoms with E-state index in [2.05, 4.69) is 30.8 Å². The van der Waals surface area contributed by atoms with E-state index >= 15 is 0 Å². The Morgan fingerprint density at radius 1 is 1.00 bits per heavy atom. The maximum atomic E-state index is 5.10. The molecule has 1 N–H and O–H groups in total. The predicted octanol–water partition coefficient (Wildman–Crippen LogP) is 1.82. The van der Waals surface area contributed by atoms with E-state index in [4.69, 9.17) is 4.74 Å². The molecular weight excluding hydrogens is 282 g/mol. The van der Waals surface area contributed by atoms with Crippen LogP contribution in [0.15, 0.2) is 30.3 Å². The fourth-order valence-electron chi connectivity index (χ4n) is 1.99. The molecule has 0 amide bonds. The van der Waals surface area contributed by atoms with Crippen LogP contribution in [-0.2, 0) is 0 Å². The molecule has 112 valence electrons. The molecule has 0 aliphatic rings. The van der Waals surface area contributed by atoms with Gasteiger partial charge in [0.25, 0.3) is 11.9 Å². The molecule has 0 aliphatic heterocycles. The van der Waals surface area contributed by atoms with Gasteiger partial charge in [-0.3, -0.25) is 0 Å². The number of aryl methyl sites for hydroxylation is 2. The highest BCUT2D eigenvalue weighted by Crippen LogP contribution is 2.17. The Balaban J connectivity index is 1.77. The Bertz CT molecular complexity index is 765. The second-order valence-electron chi connectivity index (χ2n) is 4.72. The number of methoxy groups -OCH3 is 1. The van der Waals surface area contributed by atoms with Gasteiger partial charge in [0.15, 0.2) is 0 Å². The Labute approximate surface area is 127 Å². The molecule has 0 aliphatic carbocycles. The predicted molar refractivity (Wildman–Crippen MR) is 80.5 cm³/mol. The number of ether oxygens (including phenoxy) is 1. The molecule has 22 heavy (non-hydrogen) atoms. The van der Waals surface area contributed by atoms with Crippen LogP contribution < -0.4 is 10.1 Å². The molecule has 0 spiro atoms. The van der Waals surface area contributed by atoms with Gasteiger partial charge in [-0.15, -0.1) is 20.4 Å². The second-order valence-corrected chi connectivity index (χ2v) is 4.72. The number of hydrogen-bond donors (Lipinski definition) is 1. The number of rotatable bonds is 4. The number of hydrogen-bond acceptors (Lipinski definition) is 7. The number of anilines is 2. The van der Waals surface area contributed by atoms with Crippen molar-refractivity contribution in [3.8, 4) is 11.7 Å². The summed E-state index contributed by atoms with van der Waals surface area (Å²) >= 11 is 0. The fraction of sp³-hybridized carbons (Fsp3) is 0.214. The molecule has 0 unspecified atom stereocenters. The maximum Gasteiger partial charge on any atom is 0.289 e. The summed E-state index contributed by atoms with van der Waals surface area (Å²) in [4.78, 5) is 0. The zero-order valence-electron chi connectivity index (χ0n) is 12.5. The minimum absolute atomic E-state index is 0.315. The van der Waals surface area contributed by atoms with Crippen molar-refractivity contribution < 1.29 is 4.74 Å². The average Bonchev–Trinajstić information content (AvgIpc) is 2.87. The lowest BCUT2D eigenvalue weighted by Crippen LogP contribution is -2.10. The Morgan fingerprint density at radius 3 is 2.23 bits per heavy atom. The van der Waals surface area contributed by atoms with Gasteiger partial charge >= 0.3 is 0 Å². The topological polar surface area (TPSA) is 90.6 Å². The SMILES string of the molecule is COc1ccc(Nc2nnc(-n3nc(C)cc3C)nn2)cc1. The maximum absolute atomic E-state index is 5.10. The van der Waals surface area contributed by atoms with Crippen molar-refractivity contribution in [2.24, 2.45) is 0 Å². The largest absolute Gasteiger partial charge is 0.497 e. The van der Waals surface area contributed by atoms with Crippen LogP contribution in [0.4, 0.5) is 11.6 Å². The standard InChI is InChI=1S/C14H15N7O/c1-9-8-10(2)21(20-9)14-18-16-13(17-19-14)15-11-4-6-12(22-3)7-5-11/h4-8H,1-3H3,(H,15,16,17). The van der Waals surface area contributed by atoms with Crippen molar-refractivity contribution in [2.75, 3.05) is 12.4 Å². The van der Waals surface area contributed by atoms with E-state index < -0.39 is 0 Å². The molecular formula is C14H15N7O. The molecule has 0 bridgehead atoms. The van der Waals surface area contributed by atoms with Gasteiger partial charge in [0.2, 0.25) is 0 Å². The van der Waals surface area contributed by atoms with E-state index in [-0.39, 0.29) is 0 Å². The van der Waals surface area contributed by atoms with Gasteiger partial charge in [0.1, 0.15) is 5.75 Å². The third kappa shape index (κ3) is 2.85. The summed E-state index contributed by atoms with van der Waals surface area (Å²) in [6.45, 7) is 3.83. The summed E-state index contributed by atoms with van der Waals surface area (Å²) in [6.07, 6.45) is 0. The quantitative estimate of drug-likeness (QED) is 0.785. The van der Waals surface area contributed by atoms with E-state index in [0.29, 0.717) is 11.9 Å². The normalized spacial score (nSPS) is 10.5. The van der Waals surface area contributed by atoms with Crippen LogP contribution in [0.2, 0.25) is 0 Å². The fourth-order valence-corrected chi connectivity index (χ4v) is 1.99. The molecule has 1 aromatic carbocycles. The van der Waals surface area contributed by atoms with Gasteiger partial charge in [-0.05, 0) is 44.2 Å². The van der Waals surface area contributed by atoms with Crippen molar-refractivity contribution in [1.82, 2.24) is 30.2 Å². The third-order valence-corrected chi connectivity index (χ3v) is 3.01. The van der Waals surface area contributed by atoms with Crippen LogP contribution in [0.3, 0.4) is 0 Å². The van der Waals surface area contributed by atoms with Crippen LogP contribution in [0.5, 0.6) is 5.75 Å². The molecule has 0 atom stereocenters. The lowest BCUT2D eigenvalue weighted by molar-refractivity contribution is 0.415. The van der Waals surface area contributed by atoms with Gasteiger partial charge in [-0.2, -0.15) is 5.10 Å². The molecule has 0 saturated heterocycles. The van der Waals surface area contributed by atoms with E-state index in [0.717, 1.165) is 22.8 Å². The third-order valence-electron chi connectivity index (χ3n) is 3.01. The van der Waals surface area contributed by atoms with Gasteiger partial charge in [-0.25, -0.2) is 4.68 Å². The lowest BCUT2D eigenvalue weighted by atomic mass is 10.3. The summed E-state index contributed by atoms with van der Waals surface area (Å²) in [5, 5.41) is 23.4. The summed E-state index contributed by atoms with van der Waals surface area (Å²) in [5.74, 6) is 1.43. The minimum atomic E-state index is 0.315. The van der Waals surface area contributed by atoms with Crippen LogP contribution in [0.1, 0.15) is 11.4 Å². The molecule has 8 nitrogen and oxygen atoms in total. The zero-order chi connectivity index (χ0) is 15.5. The summed E-state index contributed by atoms with van der Waals surface area (Å²) in [5.41, 5.74) is 2.64. The molecule has 2 heterocycles. The van der Waals surface area contributed by atoms with Gasteiger partial charge in [0.05, 0.1) is 12.8 Å². The summed E-state index contributed by atoms with van der Waals surface area (Å²) in [7, 11) is 1.62. The molecule has 8 heteroatoms. The van der Waals surface area contributed by atoms with Crippen molar-refractivity contribution >= 4 is 11.6 Å². The van der Waals surface area contributed by atoms with E-state index in [1.165, 1.54) is 0 Å². The molecule has 3 rings (SSSR count). The Hall–Kier alpha value is -3.03. The van der Waals surface area contributed by atoms with Crippen molar-refractivity contribution in [2.45, 2.75) is 13.8 Å². The van der Waals surface area contributed by atoms with Gasteiger partial charge in [0, 0.05) is 11.4 Å². The smallest absolute Gasteiger partial charge is 0.289 e. The first kappa shape index (κ1) is 13.9. The van der Waals surface area contributed by atoms with Gasteiger partial charge < -0.3 is 10.1 Å². The molecule has 2 aromatic heterocycles. The number of benzene rings is 1. The van der Waals surface area contributed by atoms with E-state index in [1.54, 1.807) is 11.8 Å². The van der Waals surface area contributed by atoms with Gasteiger partial charge in [-0.1, -0.05) is 0 Å². The highest BCUT2D eigenvalue weighted by Gasteiger charge is 2.08. The summed E-state index contributed by atoms with van der Waals surface area (Å²) < 4.78 is 6.71. The highest BCUT2D eigenvalue weighted by atomic mass is 16.5. The van der Waals surface area contributed by atoms with Crippen LogP contribution >= 0.6 is 0 Å². The average molecular weight is 297 g/mol. The molecule has 0 fully saturated rings. The molecule has 0 radical (unpaired) electrons. The zero-order valence-corrected chi connectivity index (χ0v) is 12.5. The molecule has 0 saturated carbocycles. The first-order valence-corrected chi connectivity index (χ1v) is 6.68. The van der Waals surface area contributed by atoms with Crippen molar-refractivity contribution in [3.63, 3.8) is 0 Å². The first-order chi connectivity index (χ1) is 10.7. The first-order valence-electron chi connectivity index (χ1n) is 6.68. The van der Waals surface area contributed by atoms with Crippen LogP contribution in [-0.4, -0.2) is 37.3 Å². The second kappa shape index (κ2) is 5.76. The highest BCUT2D eigenvalue weighted by molar-refractivity contribution is 5.53. The van der Waals surface area contributed by atoms with E-state index in [9.17, 15) is 0 Å². The molecule has 3 aromatic rings. The number of aromatic nitrogens is 6. The summed E-state index contributed by atoms with van der Waals surface area (Å²) in [6, 6.07) is 9.34. The van der Waals surface area contributed by atoms with Crippen molar-refractivity contribution in [3.05, 3.63) is 41.7 Å². The monoisotopic (exact) mass is 297 g/mol. The Morgan fingerprint density at radius 2 is 1.68 bits per heavy atom. The Kier molecular flexibility index (Phi) is 3.65. The lowest BCUT2D eigenvalue weighted by Gasteiger charge is -2.05.